The zero-order valence-electron chi connectivity index (χ0n) is 14.5. The topological polar surface area (TPSA) is 40.5 Å². The van der Waals surface area contributed by atoms with Crippen LogP contribution in [0.5, 0.6) is 0 Å². The minimum atomic E-state index is -0.809. The van der Waals surface area contributed by atoms with E-state index in [-0.39, 0.29) is 0 Å². The number of hydrogen-bond donors (Lipinski definition) is 1. The summed E-state index contributed by atoms with van der Waals surface area (Å²) < 4.78 is 0. The molecule has 2 heterocycles. The van der Waals surface area contributed by atoms with Gasteiger partial charge in [-0.05, 0) is 60.6 Å². The maximum absolute atomic E-state index is 11.5. The van der Waals surface area contributed by atoms with Gasteiger partial charge in [0.15, 0.2) is 0 Å². The number of aryl methyl sites for hydroxylation is 2. The number of carboxylic acids is 1. The first kappa shape index (κ1) is 16.6. The van der Waals surface area contributed by atoms with E-state index in [2.05, 4.69) is 36.1 Å². The van der Waals surface area contributed by atoms with E-state index < -0.39 is 5.97 Å². The number of likely N-dealkylation sites (tertiary alicyclic amines) is 1. The van der Waals surface area contributed by atoms with Gasteiger partial charge in [-0.25, -0.2) is 4.79 Å². The fraction of sp³-hybridized carbons (Fsp3) is 0.381. The number of nitrogens with zero attached hydrogens (tertiary/aromatic N) is 1. The molecule has 3 nitrogen and oxygen atoms in total. The van der Waals surface area contributed by atoms with Crippen molar-refractivity contribution in [3.8, 4) is 0 Å². The molecular weight excluding hydrogens is 330 g/mol. The molecule has 0 amide bonds. The summed E-state index contributed by atoms with van der Waals surface area (Å²) in [7, 11) is 0. The van der Waals surface area contributed by atoms with E-state index in [1.54, 1.807) is 0 Å². The van der Waals surface area contributed by atoms with E-state index in [0.717, 1.165) is 45.3 Å². The van der Waals surface area contributed by atoms with Gasteiger partial charge < -0.3 is 10.0 Å². The number of hydrogen-bond acceptors (Lipinski definition) is 3. The van der Waals surface area contributed by atoms with Crippen LogP contribution in [-0.2, 0) is 12.8 Å². The van der Waals surface area contributed by atoms with Crippen molar-refractivity contribution in [1.29, 1.82) is 0 Å². The van der Waals surface area contributed by atoms with Crippen molar-refractivity contribution < 1.29 is 9.90 Å². The van der Waals surface area contributed by atoms with E-state index in [0.29, 0.717) is 4.88 Å². The molecule has 0 spiro atoms. The van der Waals surface area contributed by atoms with E-state index >= 15 is 0 Å². The van der Waals surface area contributed by atoms with Gasteiger partial charge in [0.05, 0.1) is 0 Å². The average Bonchev–Trinajstić information content (AvgIpc) is 2.99. The number of aromatic carboxylic acids is 1. The van der Waals surface area contributed by atoms with E-state index in [9.17, 15) is 9.90 Å². The van der Waals surface area contributed by atoms with Crippen molar-refractivity contribution in [3.63, 3.8) is 0 Å². The van der Waals surface area contributed by atoms with Crippen LogP contribution >= 0.6 is 11.3 Å². The number of fused-ring (bicyclic) bond motifs is 2. The lowest BCUT2D eigenvalue weighted by atomic mass is 9.87. The molecule has 0 saturated carbocycles. The molecule has 2 aromatic rings. The third-order valence-electron chi connectivity index (χ3n) is 5.46. The summed E-state index contributed by atoms with van der Waals surface area (Å²) in [4.78, 5) is 15.7. The molecule has 1 aliphatic heterocycles. The van der Waals surface area contributed by atoms with Crippen LogP contribution in [0.1, 0.15) is 51.0 Å². The fourth-order valence-electron chi connectivity index (χ4n) is 4.08. The minimum Gasteiger partial charge on any atom is -0.477 e. The van der Waals surface area contributed by atoms with Crippen molar-refractivity contribution in [2.75, 3.05) is 19.6 Å². The number of carbonyl (C=O) groups is 1. The van der Waals surface area contributed by atoms with Crippen LogP contribution in [0.15, 0.2) is 35.9 Å². The molecule has 4 heteroatoms. The minimum absolute atomic E-state index is 0.466. The van der Waals surface area contributed by atoms with E-state index in [1.807, 2.05) is 6.07 Å². The largest absolute Gasteiger partial charge is 0.477 e. The van der Waals surface area contributed by atoms with Crippen LogP contribution in [0.2, 0.25) is 0 Å². The number of rotatable bonds is 2. The smallest absolute Gasteiger partial charge is 0.345 e. The Hall–Kier alpha value is -1.91. The van der Waals surface area contributed by atoms with Gasteiger partial charge >= 0.3 is 5.97 Å². The van der Waals surface area contributed by atoms with Crippen LogP contribution in [-0.4, -0.2) is 35.6 Å². The highest BCUT2D eigenvalue weighted by Gasteiger charge is 2.26. The second-order valence-corrected chi connectivity index (χ2v) is 7.96. The Morgan fingerprint density at radius 3 is 2.60 bits per heavy atom. The van der Waals surface area contributed by atoms with Crippen LogP contribution < -0.4 is 0 Å². The molecule has 1 saturated heterocycles. The number of benzene rings is 1. The molecular formula is C21H23NO2S. The Bertz CT molecular complexity index is 839. The quantitative estimate of drug-likeness (QED) is 0.866. The second-order valence-electron chi connectivity index (χ2n) is 6.82. The first-order chi connectivity index (χ1) is 12.2. The molecule has 0 bridgehead atoms. The van der Waals surface area contributed by atoms with Gasteiger partial charge in [-0.2, -0.15) is 0 Å². The molecule has 130 valence electrons. The lowest BCUT2D eigenvalue weighted by Gasteiger charge is -2.29. The molecule has 0 unspecified atom stereocenters. The van der Waals surface area contributed by atoms with Gasteiger partial charge in [0, 0.05) is 18.0 Å². The lowest BCUT2D eigenvalue weighted by molar-refractivity contribution is 0.0702. The summed E-state index contributed by atoms with van der Waals surface area (Å²) in [6.07, 6.45) is 4.08. The van der Waals surface area contributed by atoms with Crippen molar-refractivity contribution in [2.45, 2.75) is 32.6 Å². The number of carboxylic acid groups (broad SMARTS) is 1. The van der Waals surface area contributed by atoms with Gasteiger partial charge in [-0.15, -0.1) is 11.3 Å². The molecule has 25 heavy (non-hydrogen) atoms. The third-order valence-corrected chi connectivity index (χ3v) is 6.64. The van der Waals surface area contributed by atoms with Crippen molar-refractivity contribution in [3.05, 3.63) is 62.3 Å². The standard InChI is InChI=1S/C21H23NO2S/c1-2-22-11-9-15(10-12-22)20-16-6-4-3-5-14(16)7-8-18-17(20)13-19(25-18)21(23)24/h3-6,13H,2,7-12H2,1H3,(H,23,24). The molecule has 2 aliphatic rings. The Balaban J connectivity index is 1.88. The summed E-state index contributed by atoms with van der Waals surface area (Å²) in [6, 6.07) is 10.6. The maximum atomic E-state index is 11.5. The SMILES string of the molecule is CCN1CCC(=C2c3ccccc3CCc3sc(C(=O)O)cc32)CC1. The Morgan fingerprint density at radius 2 is 1.88 bits per heavy atom. The Labute approximate surface area is 152 Å². The first-order valence-corrected chi connectivity index (χ1v) is 9.88. The third kappa shape index (κ3) is 3.05. The fourth-order valence-corrected chi connectivity index (χ4v) is 5.08. The maximum Gasteiger partial charge on any atom is 0.345 e. The predicted octanol–water partition coefficient (Wildman–Crippen LogP) is 4.46. The highest BCUT2D eigenvalue weighted by Crippen LogP contribution is 2.41. The van der Waals surface area contributed by atoms with Crippen molar-refractivity contribution in [2.24, 2.45) is 0 Å². The van der Waals surface area contributed by atoms with Gasteiger partial charge in [0.25, 0.3) is 0 Å². The molecule has 1 aliphatic carbocycles. The number of piperidine rings is 1. The Morgan fingerprint density at radius 1 is 1.12 bits per heavy atom. The monoisotopic (exact) mass is 353 g/mol. The lowest BCUT2D eigenvalue weighted by Crippen LogP contribution is -2.30. The van der Waals surface area contributed by atoms with E-state index in [1.165, 1.54) is 44.1 Å². The molecule has 0 atom stereocenters. The van der Waals surface area contributed by atoms with Gasteiger partial charge in [-0.1, -0.05) is 36.8 Å². The van der Waals surface area contributed by atoms with E-state index in [4.69, 9.17) is 0 Å². The summed E-state index contributed by atoms with van der Waals surface area (Å²) in [5.74, 6) is -0.809. The van der Waals surface area contributed by atoms with Crippen LogP contribution in [0, 0.1) is 0 Å². The van der Waals surface area contributed by atoms with Crippen molar-refractivity contribution >= 4 is 22.9 Å². The molecule has 0 radical (unpaired) electrons. The highest BCUT2D eigenvalue weighted by molar-refractivity contribution is 7.14. The average molecular weight is 353 g/mol. The molecule has 1 aromatic heterocycles. The van der Waals surface area contributed by atoms with Gasteiger partial charge in [0.2, 0.25) is 0 Å². The molecule has 1 N–H and O–H groups in total. The zero-order valence-corrected chi connectivity index (χ0v) is 15.4. The zero-order chi connectivity index (χ0) is 17.4. The van der Waals surface area contributed by atoms with Gasteiger partial charge in [-0.3, -0.25) is 0 Å². The number of thiophene rings is 1. The summed E-state index contributed by atoms with van der Waals surface area (Å²) >= 11 is 1.46. The molecule has 4 rings (SSSR count). The van der Waals surface area contributed by atoms with Crippen LogP contribution in [0.4, 0.5) is 0 Å². The first-order valence-electron chi connectivity index (χ1n) is 9.06. The van der Waals surface area contributed by atoms with Crippen LogP contribution in [0.25, 0.3) is 5.57 Å². The predicted molar refractivity (Wildman–Crippen MR) is 102 cm³/mol. The van der Waals surface area contributed by atoms with Crippen LogP contribution in [0.3, 0.4) is 0 Å². The van der Waals surface area contributed by atoms with Crippen molar-refractivity contribution in [1.82, 2.24) is 4.90 Å². The molecule has 1 fully saturated rings. The second kappa shape index (κ2) is 6.77. The summed E-state index contributed by atoms with van der Waals surface area (Å²) in [5.41, 5.74) is 6.70. The summed E-state index contributed by atoms with van der Waals surface area (Å²) in [6.45, 7) is 5.52. The summed E-state index contributed by atoms with van der Waals surface area (Å²) in [5, 5.41) is 9.45. The normalized spacial score (nSPS) is 17.8. The molecule has 1 aromatic carbocycles. The highest BCUT2D eigenvalue weighted by atomic mass is 32.1. The van der Waals surface area contributed by atoms with Gasteiger partial charge in [0.1, 0.15) is 4.88 Å². The Kier molecular flexibility index (Phi) is 4.48.